The Balaban J connectivity index is 1.77. The van der Waals surface area contributed by atoms with E-state index in [-0.39, 0.29) is 42.2 Å². The fraction of sp³-hybridized carbons (Fsp3) is 0.200. The SMILES string of the molecule is Nc1ncc(-c2cnc(Cl)c(OCCO)c2)cc1OCCc1c(Cl)ccc(F)c1Cl. The molecule has 158 valence electrons. The molecule has 0 radical (unpaired) electrons. The van der Waals surface area contributed by atoms with Crippen LogP contribution < -0.4 is 15.2 Å². The molecule has 0 bridgehead atoms. The molecule has 3 N–H and O–H groups in total. The maximum absolute atomic E-state index is 13.7. The number of nitrogen functional groups attached to an aromatic ring is 1. The van der Waals surface area contributed by atoms with Gasteiger partial charge >= 0.3 is 0 Å². The van der Waals surface area contributed by atoms with Crippen molar-refractivity contribution in [3.05, 3.63) is 63.2 Å². The summed E-state index contributed by atoms with van der Waals surface area (Å²) in [6.07, 6.45) is 3.39. The number of halogens is 4. The fourth-order valence-electron chi connectivity index (χ4n) is 2.63. The van der Waals surface area contributed by atoms with E-state index >= 15 is 0 Å². The Bertz CT molecular complexity index is 1050. The molecule has 30 heavy (non-hydrogen) atoms. The van der Waals surface area contributed by atoms with Gasteiger partial charge in [0, 0.05) is 35.0 Å². The number of nitrogens with zero attached hydrogens (tertiary/aromatic N) is 2. The Kier molecular flexibility index (Phi) is 7.55. The summed E-state index contributed by atoms with van der Waals surface area (Å²) in [6, 6.07) is 6.02. The lowest BCUT2D eigenvalue weighted by Crippen LogP contribution is -2.06. The number of aromatic nitrogens is 2. The van der Waals surface area contributed by atoms with Gasteiger partial charge in [0.2, 0.25) is 0 Å². The van der Waals surface area contributed by atoms with Crippen LogP contribution in [0.5, 0.6) is 11.5 Å². The second kappa shape index (κ2) is 10.1. The largest absolute Gasteiger partial charge is 0.489 e. The summed E-state index contributed by atoms with van der Waals surface area (Å²) in [5.74, 6) is 0.310. The number of pyridine rings is 2. The van der Waals surface area contributed by atoms with Crippen LogP contribution in [0.1, 0.15) is 5.56 Å². The Morgan fingerprint density at radius 2 is 1.63 bits per heavy atom. The summed E-state index contributed by atoms with van der Waals surface area (Å²) in [7, 11) is 0. The normalized spacial score (nSPS) is 10.8. The molecular formula is C20H17Cl3FN3O3. The third kappa shape index (κ3) is 5.23. The van der Waals surface area contributed by atoms with Crippen LogP contribution in [-0.4, -0.2) is 34.9 Å². The highest BCUT2D eigenvalue weighted by Crippen LogP contribution is 2.32. The number of anilines is 1. The second-order valence-corrected chi connectivity index (χ2v) is 7.26. The Labute approximate surface area is 187 Å². The first-order valence-electron chi connectivity index (χ1n) is 8.81. The fourth-order valence-corrected chi connectivity index (χ4v) is 3.35. The maximum Gasteiger partial charge on any atom is 0.171 e. The molecule has 2 heterocycles. The Morgan fingerprint density at radius 1 is 0.967 bits per heavy atom. The number of benzene rings is 1. The molecule has 6 nitrogen and oxygen atoms in total. The number of hydrogen-bond acceptors (Lipinski definition) is 6. The van der Waals surface area contributed by atoms with Gasteiger partial charge in [0.1, 0.15) is 12.4 Å². The van der Waals surface area contributed by atoms with Crippen molar-refractivity contribution in [2.45, 2.75) is 6.42 Å². The maximum atomic E-state index is 13.7. The summed E-state index contributed by atoms with van der Waals surface area (Å²) < 4.78 is 24.8. The predicted octanol–water partition coefficient (Wildman–Crippen LogP) is 4.82. The Hall–Kier alpha value is -2.32. The van der Waals surface area contributed by atoms with E-state index in [0.717, 1.165) is 0 Å². The molecule has 0 amide bonds. The summed E-state index contributed by atoms with van der Waals surface area (Å²) in [5.41, 5.74) is 7.70. The number of nitrogens with two attached hydrogens (primary N) is 1. The number of hydrogen-bond donors (Lipinski definition) is 2. The molecule has 10 heteroatoms. The number of ether oxygens (including phenoxy) is 2. The van der Waals surface area contributed by atoms with Gasteiger partial charge in [-0.15, -0.1) is 0 Å². The van der Waals surface area contributed by atoms with E-state index in [1.165, 1.54) is 12.1 Å². The lowest BCUT2D eigenvalue weighted by Gasteiger charge is -2.12. The molecule has 0 spiro atoms. The molecule has 0 fully saturated rings. The van der Waals surface area contributed by atoms with Gasteiger partial charge in [0.15, 0.2) is 22.5 Å². The van der Waals surface area contributed by atoms with Gasteiger partial charge in [-0.3, -0.25) is 0 Å². The van der Waals surface area contributed by atoms with Crippen LogP contribution in [0, 0.1) is 5.82 Å². The van der Waals surface area contributed by atoms with Crippen molar-refractivity contribution in [2.75, 3.05) is 25.6 Å². The van der Waals surface area contributed by atoms with Crippen LogP contribution in [-0.2, 0) is 6.42 Å². The highest BCUT2D eigenvalue weighted by molar-refractivity contribution is 6.36. The van der Waals surface area contributed by atoms with Gasteiger partial charge in [0.05, 0.1) is 18.2 Å². The molecule has 1 aromatic carbocycles. The molecule has 0 unspecified atom stereocenters. The first kappa shape index (κ1) is 22.4. The van der Waals surface area contributed by atoms with E-state index in [0.29, 0.717) is 33.2 Å². The molecule has 2 aromatic heterocycles. The monoisotopic (exact) mass is 471 g/mol. The molecule has 3 aromatic rings. The van der Waals surface area contributed by atoms with E-state index in [2.05, 4.69) is 9.97 Å². The molecule has 3 rings (SSSR count). The van der Waals surface area contributed by atoms with Crippen molar-refractivity contribution in [1.82, 2.24) is 9.97 Å². The predicted molar refractivity (Wildman–Crippen MR) is 115 cm³/mol. The third-order valence-electron chi connectivity index (χ3n) is 4.12. The smallest absolute Gasteiger partial charge is 0.171 e. The van der Waals surface area contributed by atoms with E-state index < -0.39 is 5.82 Å². The molecule has 0 aliphatic rings. The molecule has 0 aliphatic carbocycles. The number of aliphatic hydroxyl groups excluding tert-OH is 1. The molecule has 0 atom stereocenters. The number of rotatable bonds is 8. The van der Waals surface area contributed by atoms with Crippen LogP contribution in [0.25, 0.3) is 11.1 Å². The van der Waals surface area contributed by atoms with Gasteiger partial charge in [0.25, 0.3) is 0 Å². The lowest BCUT2D eigenvalue weighted by atomic mass is 10.1. The van der Waals surface area contributed by atoms with Gasteiger partial charge in [-0.25, -0.2) is 14.4 Å². The van der Waals surface area contributed by atoms with Crippen LogP contribution in [0.4, 0.5) is 10.2 Å². The molecular weight excluding hydrogens is 456 g/mol. The number of aliphatic hydroxyl groups is 1. The minimum absolute atomic E-state index is 0.0337. The highest BCUT2D eigenvalue weighted by atomic mass is 35.5. The zero-order valence-electron chi connectivity index (χ0n) is 15.5. The first-order valence-corrected chi connectivity index (χ1v) is 9.94. The average molecular weight is 473 g/mol. The van der Waals surface area contributed by atoms with Gasteiger partial charge < -0.3 is 20.3 Å². The zero-order valence-corrected chi connectivity index (χ0v) is 17.8. The highest BCUT2D eigenvalue weighted by Gasteiger charge is 2.13. The minimum atomic E-state index is -0.547. The topological polar surface area (TPSA) is 90.5 Å². The first-order chi connectivity index (χ1) is 14.4. The zero-order chi connectivity index (χ0) is 21.7. The van der Waals surface area contributed by atoms with Gasteiger partial charge in [-0.05, 0) is 29.8 Å². The van der Waals surface area contributed by atoms with E-state index in [1.54, 1.807) is 24.5 Å². The Morgan fingerprint density at radius 3 is 2.37 bits per heavy atom. The minimum Gasteiger partial charge on any atom is -0.489 e. The van der Waals surface area contributed by atoms with E-state index in [1.807, 2.05) is 0 Å². The van der Waals surface area contributed by atoms with E-state index in [4.69, 9.17) is 55.1 Å². The second-order valence-electron chi connectivity index (χ2n) is 6.11. The van der Waals surface area contributed by atoms with Crippen molar-refractivity contribution in [2.24, 2.45) is 0 Å². The van der Waals surface area contributed by atoms with Gasteiger partial charge in [-0.2, -0.15) is 0 Å². The van der Waals surface area contributed by atoms with Crippen molar-refractivity contribution >= 4 is 40.6 Å². The summed E-state index contributed by atoms with van der Waals surface area (Å²) in [4.78, 5) is 8.23. The van der Waals surface area contributed by atoms with E-state index in [9.17, 15) is 4.39 Å². The molecule has 0 saturated heterocycles. The van der Waals surface area contributed by atoms with Crippen LogP contribution in [0.3, 0.4) is 0 Å². The van der Waals surface area contributed by atoms with Gasteiger partial charge in [-0.1, -0.05) is 34.8 Å². The summed E-state index contributed by atoms with van der Waals surface area (Å²) in [6.45, 7) is 0.0909. The van der Waals surface area contributed by atoms with Crippen LogP contribution in [0.15, 0.2) is 36.7 Å². The van der Waals surface area contributed by atoms with Crippen molar-refractivity contribution in [3.63, 3.8) is 0 Å². The van der Waals surface area contributed by atoms with Crippen LogP contribution >= 0.6 is 34.8 Å². The van der Waals surface area contributed by atoms with Crippen molar-refractivity contribution in [3.8, 4) is 22.6 Å². The lowest BCUT2D eigenvalue weighted by molar-refractivity contribution is 0.201. The molecule has 0 saturated carbocycles. The average Bonchev–Trinajstić information content (AvgIpc) is 2.74. The quantitative estimate of drug-likeness (QED) is 0.361. The third-order valence-corrected chi connectivity index (χ3v) is 5.17. The molecule has 0 aliphatic heterocycles. The van der Waals surface area contributed by atoms with Crippen molar-refractivity contribution < 1.29 is 19.0 Å². The van der Waals surface area contributed by atoms with Crippen LogP contribution in [0.2, 0.25) is 15.2 Å². The summed E-state index contributed by atoms with van der Waals surface area (Å²) in [5, 5.41) is 9.42. The van der Waals surface area contributed by atoms with Crippen molar-refractivity contribution in [1.29, 1.82) is 0 Å². The summed E-state index contributed by atoms with van der Waals surface area (Å²) >= 11 is 18.1. The standard InChI is InChI=1S/C20H17Cl3FN3O3/c21-14-1-2-15(24)18(22)13(14)3-5-29-17-8-12(10-27-20(17)25)11-7-16(30-6-4-28)19(23)26-9-11/h1-2,7-10,28H,3-6H2,(H2,25,27).